The number of carboxylic acid groups (broad SMARTS) is 1. The van der Waals surface area contributed by atoms with Gasteiger partial charge in [0, 0.05) is 20.0 Å². The fourth-order valence-corrected chi connectivity index (χ4v) is 3.74. The topological polar surface area (TPSA) is 113 Å². The summed E-state index contributed by atoms with van der Waals surface area (Å²) in [4.78, 5) is 11.0. The van der Waals surface area contributed by atoms with Crippen molar-refractivity contribution >= 4 is 16.0 Å². The van der Waals surface area contributed by atoms with Gasteiger partial charge in [-0.1, -0.05) is 0 Å². The minimum Gasteiger partial charge on any atom is -0.480 e. The van der Waals surface area contributed by atoms with E-state index in [2.05, 4.69) is 5.10 Å². The van der Waals surface area contributed by atoms with Gasteiger partial charge < -0.3 is 10.2 Å². The van der Waals surface area contributed by atoms with Crippen LogP contribution in [0.1, 0.15) is 6.42 Å². The van der Waals surface area contributed by atoms with Gasteiger partial charge in [0.05, 0.1) is 12.3 Å². The summed E-state index contributed by atoms with van der Waals surface area (Å²) in [5.41, 5.74) is 0. The smallest absolute Gasteiger partial charge is 0.322 e. The molecule has 100 valence electrons. The molecule has 8 nitrogen and oxygen atoms in total. The Morgan fingerprint density at radius 3 is 2.72 bits per heavy atom. The number of aromatic nitrogens is 2. The van der Waals surface area contributed by atoms with E-state index in [-0.39, 0.29) is 18.0 Å². The Morgan fingerprint density at radius 1 is 1.56 bits per heavy atom. The number of carbonyl (C=O) groups is 1. The first-order chi connectivity index (χ1) is 8.34. The van der Waals surface area contributed by atoms with E-state index in [1.54, 1.807) is 0 Å². The highest BCUT2D eigenvalue weighted by Crippen LogP contribution is 2.26. The predicted molar refractivity (Wildman–Crippen MR) is 59.1 cm³/mol. The molecular formula is C9H13N3O5S. The quantitative estimate of drug-likeness (QED) is 0.703. The van der Waals surface area contributed by atoms with E-state index in [1.807, 2.05) is 0 Å². The SMILES string of the molecule is Cn1nccc1S(=O)(=O)N1C[C@H](O)C[C@@H]1C(=O)O. The van der Waals surface area contributed by atoms with Gasteiger partial charge in [-0.05, 0) is 6.07 Å². The van der Waals surface area contributed by atoms with E-state index in [1.165, 1.54) is 19.3 Å². The monoisotopic (exact) mass is 275 g/mol. The molecule has 2 rings (SSSR count). The summed E-state index contributed by atoms with van der Waals surface area (Å²) in [7, 11) is -2.51. The Hall–Kier alpha value is -1.45. The molecule has 0 amide bonds. The van der Waals surface area contributed by atoms with Crippen LogP contribution in [-0.2, 0) is 21.9 Å². The van der Waals surface area contributed by atoms with Crippen LogP contribution in [0.4, 0.5) is 0 Å². The summed E-state index contributed by atoms with van der Waals surface area (Å²) in [5.74, 6) is -1.27. The molecule has 0 aliphatic carbocycles. The maximum absolute atomic E-state index is 12.3. The molecule has 0 radical (unpaired) electrons. The van der Waals surface area contributed by atoms with Gasteiger partial charge in [0.1, 0.15) is 6.04 Å². The third-order valence-corrected chi connectivity index (χ3v) is 4.82. The van der Waals surface area contributed by atoms with E-state index >= 15 is 0 Å². The molecule has 1 saturated heterocycles. The number of aliphatic carboxylic acids is 1. The molecule has 0 unspecified atom stereocenters. The van der Waals surface area contributed by atoms with Crippen LogP contribution in [0.3, 0.4) is 0 Å². The van der Waals surface area contributed by atoms with Gasteiger partial charge in [-0.25, -0.2) is 8.42 Å². The van der Waals surface area contributed by atoms with Crippen LogP contribution in [0.25, 0.3) is 0 Å². The van der Waals surface area contributed by atoms with Crippen molar-refractivity contribution in [1.82, 2.24) is 14.1 Å². The average molecular weight is 275 g/mol. The summed E-state index contributed by atoms with van der Waals surface area (Å²) < 4.78 is 26.5. The van der Waals surface area contributed by atoms with E-state index in [0.717, 1.165) is 8.99 Å². The number of nitrogens with zero attached hydrogens (tertiary/aromatic N) is 3. The van der Waals surface area contributed by atoms with Crippen molar-refractivity contribution in [2.24, 2.45) is 7.05 Å². The number of hydrogen-bond donors (Lipinski definition) is 2. The Balaban J connectivity index is 2.41. The second-order valence-corrected chi connectivity index (χ2v) is 5.95. The zero-order valence-electron chi connectivity index (χ0n) is 9.59. The molecule has 2 atom stereocenters. The van der Waals surface area contributed by atoms with Crippen molar-refractivity contribution in [2.75, 3.05) is 6.54 Å². The molecular weight excluding hydrogens is 262 g/mol. The average Bonchev–Trinajstić information content (AvgIpc) is 2.84. The lowest BCUT2D eigenvalue weighted by Crippen LogP contribution is -2.41. The van der Waals surface area contributed by atoms with Gasteiger partial charge >= 0.3 is 5.97 Å². The molecule has 1 aromatic rings. The maximum atomic E-state index is 12.3. The fourth-order valence-electron chi connectivity index (χ4n) is 2.01. The number of carboxylic acids is 1. The lowest BCUT2D eigenvalue weighted by molar-refractivity contribution is -0.140. The Kier molecular flexibility index (Phi) is 3.13. The Morgan fingerprint density at radius 2 is 2.22 bits per heavy atom. The van der Waals surface area contributed by atoms with Crippen LogP contribution in [0.5, 0.6) is 0 Å². The molecule has 1 aliphatic rings. The summed E-state index contributed by atoms with van der Waals surface area (Å²) in [6.45, 7) is -0.218. The van der Waals surface area contributed by atoms with Crippen LogP contribution in [0.2, 0.25) is 0 Å². The maximum Gasteiger partial charge on any atom is 0.322 e. The van der Waals surface area contributed by atoms with Gasteiger partial charge in [0.25, 0.3) is 10.0 Å². The first-order valence-electron chi connectivity index (χ1n) is 5.24. The molecule has 0 spiro atoms. The molecule has 1 fully saturated rings. The first-order valence-corrected chi connectivity index (χ1v) is 6.68. The number of hydrogen-bond acceptors (Lipinski definition) is 5. The van der Waals surface area contributed by atoms with Gasteiger partial charge in [-0.2, -0.15) is 9.40 Å². The number of aliphatic hydroxyl groups excluding tert-OH is 1. The lowest BCUT2D eigenvalue weighted by Gasteiger charge is -2.20. The molecule has 0 aromatic carbocycles. The van der Waals surface area contributed by atoms with E-state index < -0.39 is 28.1 Å². The number of rotatable bonds is 3. The zero-order valence-corrected chi connectivity index (χ0v) is 10.4. The minimum atomic E-state index is -3.96. The normalized spacial score (nSPS) is 25.4. The fraction of sp³-hybridized carbons (Fsp3) is 0.556. The van der Waals surface area contributed by atoms with Crippen LogP contribution in [-0.4, -0.2) is 57.4 Å². The molecule has 2 heterocycles. The van der Waals surface area contributed by atoms with Crippen LogP contribution in [0.15, 0.2) is 17.3 Å². The number of β-amino-alcohol motifs (C(OH)–C–C–N with tert-alkyl or cyclic N) is 1. The summed E-state index contributed by atoms with van der Waals surface area (Å²) in [5, 5.41) is 22.1. The highest BCUT2D eigenvalue weighted by Gasteiger charge is 2.44. The lowest BCUT2D eigenvalue weighted by atomic mass is 10.2. The number of aryl methyl sites for hydroxylation is 1. The summed E-state index contributed by atoms with van der Waals surface area (Å²) >= 11 is 0. The van der Waals surface area contributed by atoms with Crippen LogP contribution >= 0.6 is 0 Å². The van der Waals surface area contributed by atoms with Crippen molar-refractivity contribution < 1.29 is 23.4 Å². The first kappa shape index (κ1) is 13.0. The summed E-state index contributed by atoms with van der Waals surface area (Å²) in [6, 6.07) is 0.0544. The molecule has 2 N–H and O–H groups in total. The zero-order chi connectivity index (χ0) is 13.5. The van der Waals surface area contributed by atoms with Crippen molar-refractivity contribution in [2.45, 2.75) is 23.6 Å². The molecule has 9 heteroatoms. The highest BCUT2D eigenvalue weighted by atomic mass is 32.2. The largest absolute Gasteiger partial charge is 0.480 e. The molecule has 1 aromatic heterocycles. The Bertz CT molecular complexity index is 567. The van der Waals surface area contributed by atoms with Crippen molar-refractivity contribution in [3.63, 3.8) is 0 Å². The van der Waals surface area contributed by atoms with Gasteiger partial charge in [0.2, 0.25) is 0 Å². The van der Waals surface area contributed by atoms with Crippen molar-refractivity contribution in [3.8, 4) is 0 Å². The third-order valence-electron chi connectivity index (χ3n) is 2.87. The van der Waals surface area contributed by atoms with Gasteiger partial charge in [-0.3, -0.25) is 9.48 Å². The van der Waals surface area contributed by atoms with Crippen molar-refractivity contribution in [1.29, 1.82) is 0 Å². The van der Waals surface area contributed by atoms with E-state index in [9.17, 15) is 18.3 Å². The van der Waals surface area contributed by atoms with Crippen LogP contribution in [0, 0.1) is 0 Å². The van der Waals surface area contributed by atoms with Gasteiger partial charge in [0.15, 0.2) is 5.03 Å². The van der Waals surface area contributed by atoms with Gasteiger partial charge in [-0.15, -0.1) is 0 Å². The standard InChI is InChI=1S/C9H13N3O5S/c1-11-8(2-3-10-11)18(16,17)12-5-6(13)4-7(12)9(14)15/h2-3,6-7,13H,4-5H2,1H3,(H,14,15)/t6-,7-/m1/s1. The third kappa shape index (κ3) is 2.00. The predicted octanol–water partition coefficient (Wildman–Crippen LogP) is -1.37. The second-order valence-electron chi connectivity index (χ2n) is 4.11. The molecule has 0 bridgehead atoms. The molecule has 1 aliphatic heterocycles. The molecule has 18 heavy (non-hydrogen) atoms. The van der Waals surface area contributed by atoms with E-state index in [4.69, 9.17) is 5.11 Å². The minimum absolute atomic E-state index is 0.0946. The highest BCUT2D eigenvalue weighted by molar-refractivity contribution is 7.89. The van der Waals surface area contributed by atoms with Crippen LogP contribution < -0.4 is 0 Å². The second kappa shape index (κ2) is 4.34. The number of sulfonamides is 1. The summed E-state index contributed by atoms with van der Waals surface area (Å²) in [6.07, 6.45) is 0.246. The molecule has 0 saturated carbocycles. The number of aliphatic hydroxyl groups is 1. The van der Waals surface area contributed by atoms with Crippen molar-refractivity contribution in [3.05, 3.63) is 12.3 Å². The van der Waals surface area contributed by atoms with E-state index in [0.29, 0.717) is 0 Å². The Labute approximate surface area is 103 Å².